The van der Waals surface area contributed by atoms with Gasteiger partial charge in [0, 0.05) is 32.6 Å². The molecule has 2 heterocycles. The maximum absolute atomic E-state index is 12.9. The zero-order valence-corrected chi connectivity index (χ0v) is 17.9. The molecule has 2 aromatic rings. The standard InChI is InChI=1S/C23H28N4O3/c1-4-30-23(29)27-11-9-26(10-12-27)22-24-16(3)21-19(25-22)13-17(14-20(21)28)18-8-6-5-7-15(18)2/h5-8,17H,4,9-14H2,1-3H3. The fourth-order valence-corrected chi connectivity index (χ4v) is 4.47. The van der Waals surface area contributed by atoms with Crippen molar-refractivity contribution in [2.75, 3.05) is 37.7 Å². The van der Waals surface area contributed by atoms with Crippen LogP contribution in [0.4, 0.5) is 10.7 Å². The molecular formula is C23H28N4O3. The van der Waals surface area contributed by atoms with Crippen molar-refractivity contribution in [2.24, 2.45) is 0 Å². The van der Waals surface area contributed by atoms with Crippen LogP contribution in [0, 0.1) is 13.8 Å². The molecule has 1 fully saturated rings. The van der Waals surface area contributed by atoms with Gasteiger partial charge in [0.2, 0.25) is 5.95 Å². The second kappa shape index (κ2) is 8.42. The number of carbonyl (C=O) groups is 2. The number of aromatic nitrogens is 2. The van der Waals surface area contributed by atoms with Crippen molar-refractivity contribution in [3.05, 3.63) is 52.3 Å². The van der Waals surface area contributed by atoms with Crippen LogP contribution in [0.1, 0.15) is 52.1 Å². The van der Waals surface area contributed by atoms with E-state index in [1.54, 1.807) is 4.90 Å². The maximum Gasteiger partial charge on any atom is 0.409 e. The van der Waals surface area contributed by atoms with Crippen LogP contribution in [-0.2, 0) is 11.2 Å². The Morgan fingerprint density at radius 2 is 1.83 bits per heavy atom. The number of anilines is 1. The molecular weight excluding hydrogens is 380 g/mol. The Hall–Kier alpha value is -2.96. The lowest BCUT2D eigenvalue weighted by atomic mass is 9.80. The number of amides is 1. The smallest absolute Gasteiger partial charge is 0.409 e. The minimum atomic E-state index is -0.272. The molecule has 2 aliphatic rings. The monoisotopic (exact) mass is 408 g/mol. The minimum Gasteiger partial charge on any atom is -0.450 e. The number of hydrogen-bond acceptors (Lipinski definition) is 6. The van der Waals surface area contributed by atoms with E-state index in [0.29, 0.717) is 50.7 Å². The van der Waals surface area contributed by atoms with Crippen LogP contribution in [0.25, 0.3) is 0 Å². The summed E-state index contributed by atoms with van der Waals surface area (Å²) in [4.78, 5) is 38.1. The minimum absolute atomic E-state index is 0.126. The highest BCUT2D eigenvalue weighted by molar-refractivity contribution is 5.99. The van der Waals surface area contributed by atoms with Crippen LogP contribution in [0.2, 0.25) is 0 Å². The van der Waals surface area contributed by atoms with E-state index in [4.69, 9.17) is 9.72 Å². The third kappa shape index (κ3) is 3.88. The second-order valence-electron chi connectivity index (χ2n) is 7.99. The van der Waals surface area contributed by atoms with E-state index in [9.17, 15) is 9.59 Å². The third-order valence-electron chi connectivity index (χ3n) is 6.02. The molecule has 1 aromatic carbocycles. The Kier molecular flexibility index (Phi) is 5.70. The predicted octanol–water partition coefficient (Wildman–Crippen LogP) is 3.28. The first kappa shape index (κ1) is 20.3. The average Bonchev–Trinajstić information content (AvgIpc) is 2.73. The molecule has 7 nitrogen and oxygen atoms in total. The Morgan fingerprint density at radius 1 is 1.10 bits per heavy atom. The van der Waals surface area contributed by atoms with E-state index in [2.05, 4.69) is 28.9 Å². The van der Waals surface area contributed by atoms with Crippen LogP contribution in [-0.4, -0.2) is 59.5 Å². The summed E-state index contributed by atoms with van der Waals surface area (Å²) in [6.45, 7) is 8.61. The molecule has 4 rings (SSSR count). The number of benzene rings is 1. The van der Waals surface area contributed by atoms with Gasteiger partial charge in [-0.25, -0.2) is 14.8 Å². The number of piperazine rings is 1. The Balaban J connectivity index is 1.56. The van der Waals surface area contributed by atoms with Gasteiger partial charge in [0.1, 0.15) is 0 Å². The Bertz CT molecular complexity index is 967. The van der Waals surface area contributed by atoms with Crippen LogP contribution in [0.15, 0.2) is 24.3 Å². The number of hydrogen-bond donors (Lipinski definition) is 0. The fourth-order valence-electron chi connectivity index (χ4n) is 4.47. The normalized spacial score (nSPS) is 18.9. The van der Waals surface area contributed by atoms with Gasteiger partial charge in [0.05, 0.1) is 23.6 Å². The zero-order valence-electron chi connectivity index (χ0n) is 17.9. The average molecular weight is 409 g/mol. The lowest BCUT2D eigenvalue weighted by Gasteiger charge is -2.35. The quantitative estimate of drug-likeness (QED) is 0.776. The number of fused-ring (bicyclic) bond motifs is 1. The van der Waals surface area contributed by atoms with Crippen molar-refractivity contribution in [3.63, 3.8) is 0 Å². The molecule has 0 spiro atoms. The molecule has 7 heteroatoms. The van der Waals surface area contributed by atoms with Gasteiger partial charge in [-0.15, -0.1) is 0 Å². The van der Waals surface area contributed by atoms with E-state index >= 15 is 0 Å². The topological polar surface area (TPSA) is 75.6 Å². The predicted molar refractivity (Wildman–Crippen MR) is 114 cm³/mol. The molecule has 1 atom stereocenters. The van der Waals surface area contributed by atoms with Gasteiger partial charge < -0.3 is 14.5 Å². The van der Waals surface area contributed by atoms with Crippen molar-refractivity contribution in [1.29, 1.82) is 0 Å². The molecule has 30 heavy (non-hydrogen) atoms. The van der Waals surface area contributed by atoms with E-state index in [0.717, 1.165) is 17.8 Å². The van der Waals surface area contributed by atoms with E-state index < -0.39 is 0 Å². The number of rotatable bonds is 3. The summed E-state index contributed by atoms with van der Waals surface area (Å²) in [5.41, 5.74) is 4.71. The summed E-state index contributed by atoms with van der Waals surface area (Å²) in [5, 5.41) is 0. The fraction of sp³-hybridized carbons (Fsp3) is 0.478. The Morgan fingerprint density at radius 3 is 2.53 bits per heavy atom. The Labute approximate surface area is 177 Å². The summed E-state index contributed by atoms with van der Waals surface area (Å²) in [6, 6.07) is 8.26. The van der Waals surface area contributed by atoms with Crippen molar-refractivity contribution >= 4 is 17.8 Å². The van der Waals surface area contributed by atoms with Crippen LogP contribution >= 0.6 is 0 Å². The highest BCUT2D eigenvalue weighted by Gasteiger charge is 2.32. The molecule has 1 aliphatic carbocycles. The summed E-state index contributed by atoms with van der Waals surface area (Å²) < 4.78 is 5.09. The van der Waals surface area contributed by atoms with E-state index in [-0.39, 0.29) is 17.8 Å². The molecule has 1 amide bonds. The van der Waals surface area contributed by atoms with Gasteiger partial charge >= 0.3 is 6.09 Å². The molecule has 0 radical (unpaired) electrons. The number of ketones is 1. The lowest BCUT2D eigenvalue weighted by Crippen LogP contribution is -2.49. The van der Waals surface area contributed by atoms with Gasteiger partial charge in [-0.2, -0.15) is 0 Å². The first-order valence-corrected chi connectivity index (χ1v) is 10.6. The van der Waals surface area contributed by atoms with Crippen molar-refractivity contribution < 1.29 is 14.3 Å². The SMILES string of the molecule is CCOC(=O)N1CCN(c2nc(C)c3c(n2)CC(c2ccccc2C)CC3=O)CC1. The summed E-state index contributed by atoms with van der Waals surface area (Å²) in [6.07, 6.45) is 0.969. The first-order chi connectivity index (χ1) is 14.5. The van der Waals surface area contributed by atoms with Crippen LogP contribution in [0.3, 0.4) is 0 Å². The molecule has 1 aliphatic heterocycles. The molecule has 0 N–H and O–H groups in total. The lowest BCUT2D eigenvalue weighted by molar-refractivity contribution is 0.0960. The summed E-state index contributed by atoms with van der Waals surface area (Å²) in [5.74, 6) is 0.919. The van der Waals surface area contributed by atoms with Crippen molar-refractivity contribution in [3.8, 4) is 0 Å². The zero-order chi connectivity index (χ0) is 21.3. The molecule has 1 aromatic heterocycles. The maximum atomic E-state index is 12.9. The number of Topliss-reactive ketones (excluding diaryl/α,β-unsaturated/α-hetero) is 1. The summed E-state index contributed by atoms with van der Waals surface area (Å²) >= 11 is 0. The highest BCUT2D eigenvalue weighted by atomic mass is 16.6. The van der Waals surface area contributed by atoms with Crippen LogP contribution < -0.4 is 4.90 Å². The first-order valence-electron chi connectivity index (χ1n) is 10.6. The van der Waals surface area contributed by atoms with Gasteiger partial charge in [0.15, 0.2) is 5.78 Å². The molecule has 0 saturated carbocycles. The summed E-state index contributed by atoms with van der Waals surface area (Å²) in [7, 11) is 0. The second-order valence-corrected chi connectivity index (χ2v) is 7.99. The molecule has 158 valence electrons. The number of nitrogens with zero attached hydrogens (tertiary/aromatic N) is 4. The van der Waals surface area contributed by atoms with Gasteiger partial charge in [0.25, 0.3) is 0 Å². The third-order valence-corrected chi connectivity index (χ3v) is 6.02. The largest absolute Gasteiger partial charge is 0.450 e. The molecule has 1 unspecified atom stereocenters. The number of ether oxygens (including phenoxy) is 1. The number of aryl methyl sites for hydroxylation is 2. The van der Waals surface area contributed by atoms with Crippen molar-refractivity contribution in [1.82, 2.24) is 14.9 Å². The van der Waals surface area contributed by atoms with E-state index in [1.165, 1.54) is 11.1 Å². The molecule has 0 bridgehead atoms. The highest BCUT2D eigenvalue weighted by Crippen LogP contribution is 2.35. The molecule has 1 saturated heterocycles. The van der Waals surface area contributed by atoms with Gasteiger partial charge in [-0.1, -0.05) is 24.3 Å². The number of carbonyl (C=O) groups excluding carboxylic acids is 2. The van der Waals surface area contributed by atoms with Gasteiger partial charge in [-0.3, -0.25) is 4.79 Å². The van der Waals surface area contributed by atoms with Gasteiger partial charge in [-0.05, 0) is 44.2 Å². The van der Waals surface area contributed by atoms with Crippen LogP contribution in [0.5, 0.6) is 0 Å². The van der Waals surface area contributed by atoms with Crippen molar-refractivity contribution in [2.45, 2.75) is 39.5 Å². The van der Waals surface area contributed by atoms with E-state index in [1.807, 2.05) is 26.0 Å².